The first kappa shape index (κ1) is 14.5. The van der Waals surface area contributed by atoms with Gasteiger partial charge in [-0.05, 0) is 32.9 Å². The minimum atomic E-state index is -0.141. The predicted molar refractivity (Wildman–Crippen MR) is 80.3 cm³/mol. The Morgan fingerprint density at radius 3 is 2.70 bits per heavy atom. The Hall–Kier alpha value is -1.95. The van der Waals surface area contributed by atoms with E-state index in [1.54, 1.807) is 10.6 Å². The third kappa shape index (κ3) is 3.33. The number of hydrogen-bond acceptors (Lipinski definition) is 4. The fourth-order valence-corrected chi connectivity index (χ4v) is 2.74. The van der Waals surface area contributed by atoms with Gasteiger partial charge in [-0.1, -0.05) is 17.4 Å². The van der Waals surface area contributed by atoms with Crippen LogP contribution in [-0.2, 0) is 11.3 Å². The number of pyridine rings is 1. The molecule has 0 spiro atoms. The summed E-state index contributed by atoms with van der Waals surface area (Å²) < 4.78 is 1.64. The van der Waals surface area contributed by atoms with Crippen molar-refractivity contribution in [3.05, 3.63) is 44.1 Å². The van der Waals surface area contributed by atoms with E-state index in [9.17, 15) is 9.59 Å². The van der Waals surface area contributed by atoms with Crippen molar-refractivity contribution in [2.45, 2.75) is 33.7 Å². The molecule has 0 saturated heterocycles. The maximum atomic E-state index is 11.9. The standard InChI is InChI=1S/C14H17N3O2S/c1-9-5-4-6-12(15-9)16-13(18)7-8-17-10(2)11(3)20-14(17)19/h4-6H,7-8H2,1-3H3,(H,15,16,18). The van der Waals surface area contributed by atoms with Crippen LogP contribution in [0.2, 0.25) is 0 Å². The van der Waals surface area contributed by atoms with Crippen LogP contribution in [-0.4, -0.2) is 15.5 Å². The summed E-state index contributed by atoms with van der Waals surface area (Å²) in [5, 5.41) is 2.74. The average molecular weight is 291 g/mol. The zero-order valence-electron chi connectivity index (χ0n) is 11.8. The first-order chi connectivity index (χ1) is 9.47. The monoisotopic (exact) mass is 291 g/mol. The van der Waals surface area contributed by atoms with Crippen LogP contribution in [0, 0.1) is 20.8 Å². The van der Waals surface area contributed by atoms with Crippen LogP contribution in [0.1, 0.15) is 22.7 Å². The van der Waals surface area contributed by atoms with Crippen molar-refractivity contribution in [1.82, 2.24) is 9.55 Å². The summed E-state index contributed by atoms with van der Waals surface area (Å²) in [4.78, 5) is 28.8. The molecular weight excluding hydrogens is 274 g/mol. The van der Waals surface area contributed by atoms with Gasteiger partial charge in [0.2, 0.25) is 5.91 Å². The van der Waals surface area contributed by atoms with Gasteiger partial charge < -0.3 is 9.88 Å². The molecule has 0 radical (unpaired) electrons. The highest BCUT2D eigenvalue weighted by atomic mass is 32.1. The van der Waals surface area contributed by atoms with Crippen molar-refractivity contribution in [1.29, 1.82) is 0 Å². The molecule has 1 N–H and O–H groups in total. The Balaban J connectivity index is 1.97. The van der Waals surface area contributed by atoms with E-state index in [0.717, 1.165) is 16.3 Å². The van der Waals surface area contributed by atoms with Crippen LogP contribution in [0.15, 0.2) is 23.0 Å². The van der Waals surface area contributed by atoms with Gasteiger partial charge in [-0.15, -0.1) is 0 Å². The van der Waals surface area contributed by atoms with Gasteiger partial charge in [-0.25, -0.2) is 4.98 Å². The number of anilines is 1. The third-order valence-corrected chi connectivity index (χ3v) is 4.09. The number of rotatable bonds is 4. The Morgan fingerprint density at radius 1 is 1.35 bits per heavy atom. The van der Waals surface area contributed by atoms with Crippen molar-refractivity contribution < 1.29 is 4.79 Å². The molecule has 5 nitrogen and oxygen atoms in total. The molecule has 0 bridgehead atoms. The number of carbonyl (C=O) groups excluding carboxylic acids is 1. The Morgan fingerprint density at radius 2 is 2.10 bits per heavy atom. The second kappa shape index (κ2) is 6.00. The van der Waals surface area contributed by atoms with E-state index in [-0.39, 0.29) is 17.2 Å². The molecule has 20 heavy (non-hydrogen) atoms. The van der Waals surface area contributed by atoms with Crippen LogP contribution in [0.3, 0.4) is 0 Å². The van der Waals surface area contributed by atoms with E-state index in [0.29, 0.717) is 12.4 Å². The quantitative estimate of drug-likeness (QED) is 0.939. The van der Waals surface area contributed by atoms with Gasteiger partial charge in [0.15, 0.2) is 0 Å². The first-order valence-corrected chi connectivity index (χ1v) is 7.19. The zero-order valence-corrected chi connectivity index (χ0v) is 12.6. The molecule has 6 heteroatoms. The summed E-state index contributed by atoms with van der Waals surface area (Å²) in [7, 11) is 0. The lowest BCUT2D eigenvalue weighted by Crippen LogP contribution is -2.20. The van der Waals surface area contributed by atoms with E-state index in [1.165, 1.54) is 11.3 Å². The van der Waals surface area contributed by atoms with Crippen molar-refractivity contribution >= 4 is 23.1 Å². The molecule has 2 heterocycles. The molecule has 0 aromatic carbocycles. The number of nitrogens with one attached hydrogen (secondary N) is 1. The van der Waals surface area contributed by atoms with Crippen molar-refractivity contribution in [2.75, 3.05) is 5.32 Å². The highest BCUT2D eigenvalue weighted by Gasteiger charge is 2.10. The Labute approximate surface area is 121 Å². The van der Waals surface area contributed by atoms with Gasteiger partial charge >= 0.3 is 4.87 Å². The molecule has 0 aliphatic heterocycles. The van der Waals surface area contributed by atoms with Gasteiger partial charge in [0.1, 0.15) is 5.82 Å². The van der Waals surface area contributed by atoms with Crippen LogP contribution in [0.5, 0.6) is 0 Å². The van der Waals surface area contributed by atoms with E-state index in [4.69, 9.17) is 0 Å². The van der Waals surface area contributed by atoms with Crippen molar-refractivity contribution in [3.63, 3.8) is 0 Å². The first-order valence-electron chi connectivity index (χ1n) is 6.37. The minimum absolute atomic E-state index is 0.0125. The van der Waals surface area contributed by atoms with Gasteiger partial charge in [-0.2, -0.15) is 0 Å². The van der Waals surface area contributed by atoms with Crippen molar-refractivity contribution in [2.24, 2.45) is 0 Å². The van der Waals surface area contributed by atoms with Gasteiger partial charge in [-0.3, -0.25) is 9.59 Å². The summed E-state index contributed by atoms with van der Waals surface area (Å²) in [5.41, 5.74) is 1.78. The molecular formula is C14H17N3O2S. The Bertz CT molecular complexity index is 688. The Kier molecular flexibility index (Phi) is 4.34. The molecule has 0 aliphatic rings. The number of amides is 1. The molecule has 0 unspecified atom stereocenters. The van der Waals surface area contributed by atoms with Crippen molar-refractivity contribution in [3.8, 4) is 0 Å². The maximum absolute atomic E-state index is 11.9. The lowest BCUT2D eigenvalue weighted by Gasteiger charge is -2.06. The fourth-order valence-electron chi connectivity index (χ4n) is 1.88. The van der Waals surface area contributed by atoms with E-state index >= 15 is 0 Å². The highest BCUT2D eigenvalue weighted by Crippen LogP contribution is 2.10. The predicted octanol–water partition coefficient (Wildman–Crippen LogP) is 2.26. The number of aryl methyl sites for hydroxylation is 2. The lowest BCUT2D eigenvalue weighted by atomic mass is 10.3. The third-order valence-electron chi connectivity index (χ3n) is 3.09. The van der Waals surface area contributed by atoms with E-state index in [1.807, 2.05) is 32.9 Å². The second-order valence-corrected chi connectivity index (χ2v) is 5.79. The molecule has 1 amide bonds. The number of nitrogens with zero attached hydrogens (tertiary/aromatic N) is 2. The molecule has 0 atom stereocenters. The average Bonchev–Trinajstić information content (AvgIpc) is 2.61. The van der Waals surface area contributed by atoms with Gasteiger partial charge in [0, 0.05) is 29.2 Å². The summed E-state index contributed by atoms with van der Waals surface area (Å²) in [6.07, 6.45) is 0.256. The van der Waals surface area contributed by atoms with E-state index < -0.39 is 0 Å². The minimum Gasteiger partial charge on any atom is -0.311 e. The molecule has 0 aliphatic carbocycles. The molecule has 2 aromatic heterocycles. The summed E-state index contributed by atoms with van der Waals surface area (Å²) in [6.45, 7) is 6.07. The van der Waals surface area contributed by atoms with E-state index in [2.05, 4.69) is 10.3 Å². The largest absolute Gasteiger partial charge is 0.311 e. The zero-order chi connectivity index (χ0) is 14.7. The molecule has 2 rings (SSSR count). The number of carbonyl (C=O) groups is 1. The lowest BCUT2D eigenvalue weighted by molar-refractivity contribution is -0.116. The molecule has 0 saturated carbocycles. The highest BCUT2D eigenvalue weighted by molar-refractivity contribution is 7.09. The number of thiazole rings is 1. The normalized spacial score (nSPS) is 10.6. The topological polar surface area (TPSA) is 64.0 Å². The SMILES string of the molecule is Cc1cccc(NC(=O)CCn2c(C)c(C)sc2=O)n1. The van der Waals surface area contributed by atoms with Crippen LogP contribution in [0.4, 0.5) is 5.82 Å². The molecule has 106 valence electrons. The maximum Gasteiger partial charge on any atom is 0.307 e. The van der Waals surface area contributed by atoms with Crippen LogP contribution >= 0.6 is 11.3 Å². The van der Waals surface area contributed by atoms with Crippen LogP contribution < -0.4 is 10.2 Å². The number of hydrogen-bond donors (Lipinski definition) is 1. The number of aromatic nitrogens is 2. The van der Waals surface area contributed by atoms with Crippen LogP contribution in [0.25, 0.3) is 0 Å². The molecule has 0 fully saturated rings. The summed E-state index contributed by atoms with van der Waals surface area (Å²) >= 11 is 1.22. The molecule has 2 aromatic rings. The summed E-state index contributed by atoms with van der Waals surface area (Å²) in [5.74, 6) is 0.402. The van der Waals surface area contributed by atoms with Gasteiger partial charge in [0.05, 0.1) is 0 Å². The smallest absolute Gasteiger partial charge is 0.307 e. The second-order valence-electron chi connectivity index (χ2n) is 4.62. The van der Waals surface area contributed by atoms with Gasteiger partial charge in [0.25, 0.3) is 0 Å². The fraction of sp³-hybridized carbons (Fsp3) is 0.357. The summed E-state index contributed by atoms with van der Waals surface area (Å²) in [6, 6.07) is 5.46.